The number of rotatable bonds is 22. The summed E-state index contributed by atoms with van der Waals surface area (Å²) < 4.78 is 47.6. The third kappa shape index (κ3) is 11.0. The number of aliphatic hydroxyl groups is 1. The van der Waals surface area contributed by atoms with E-state index in [2.05, 4.69) is 26.1 Å². The molecule has 15 nitrogen and oxygen atoms in total. The van der Waals surface area contributed by atoms with E-state index < -0.39 is 129 Å². The van der Waals surface area contributed by atoms with Gasteiger partial charge in [-0.2, -0.15) is 0 Å². The molecule has 3 aromatic carbocycles. The molecule has 1 saturated heterocycles. The van der Waals surface area contributed by atoms with Gasteiger partial charge < -0.3 is 43.0 Å². The molecule has 3 aliphatic carbocycles. The van der Waals surface area contributed by atoms with Crippen LogP contribution in [0.2, 0.25) is 36.3 Å². The Bertz CT molecular complexity index is 2660. The quantitative estimate of drug-likeness (QED) is 0.0417. The van der Waals surface area contributed by atoms with Crippen molar-refractivity contribution in [1.29, 1.82) is 0 Å². The van der Waals surface area contributed by atoms with E-state index in [1.165, 1.54) is 6.92 Å². The molecule has 1 heterocycles. The van der Waals surface area contributed by atoms with Crippen LogP contribution in [0.15, 0.2) is 102 Å². The molecule has 0 spiro atoms. The van der Waals surface area contributed by atoms with Gasteiger partial charge >= 0.3 is 23.9 Å². The third-order valence-electron chi connectivity index (χ3n) is 18.5. The van der Waals surface area contributed by atoms with Gasteiger partial charge in [-0.1, -0.05) is 129 Å². The SMILES string of the molecule is CCCC(=O)O[C@@]12CO[C@@H]1C[C@H](O[Si](CC)(CC)CC)[C@@]1(C)C(=O)[C@H](OC(C)=O)C3=C(C)[C@@H](OC(=O)[C@H](O[Si](CC)(CC)CC)[C@@H](NC(=O)c4ccccc4)c4ccccc4)C[C@@](O)([C@@H](OC(=O)c4ccccc4)C12)C3(C)C. The molecule has 4 aliphatic rings. The average molecular weight is 1110 g/mol. The van der Waals surface area contributed by atoms with Crippen LogP contribution in [-0.4, -0.2) is 112 Å². The second-order valence-corrected chi connectivity index (χ2v) is 32.1. The summed E-state index contributed by atoms with van der Waals surface area (Å²) in [6.45, 7) is 21.9. The minimum Gasteiger partial charge on any atom is -0.456 e. The van der Waals surface area contributed by atoms with Crippen LogP contribution < -0.4 is 5.32 Å². The van der Waals surface area contributed by atoms with Crippen LogP contribution in [0.1, 0.15) is 141 Å². The molecule has 2 N–H and O–H groups in total. The van der Waals surface area contributed by atoms with Crippen molar-refractivity contribution in [2.24, 2.45) is 16.7 Å². The van der Waals surface area contributed by atoms with Crippen molar-refractivity contribution in [3.63, 3.8) is 0 Å². The van der Waals surface area contributed by atoms with Crippen molar-refractivity contribution in [1.82, 2.24) is 5.32 Å². The van der Waals surface area contributed by atoms with E-state index in [0.717, 1.165) is 0 Å². The summed E-state index contributed by atoms with van der Waals surface area (Å²) in [4.78, 5) is 89.6. The van der Waals surface area contributed by atoms with E-state index in [0.29, 0.717) is 59.4 Å². The van der Waals surface area contributed by atoms with Gasteiger partial charge in [-0.3, -0.25) is 19.2 Å². The predicted octanol–water partition coefficient (Wildman–Crippen LogP) is 10.6. The van der Waals surface area contributed by atoms with Crippen molar-refractivity contribution in [2.45, 2.75) is 199 Å². The molecule has 0 aromatic heterocycles. The monoisotopic (exact) mass is 1110 g/mol. The van der Waals surface area contributed by atoms with E-state index in [9.17, 15) is 19.5 Å². The summed E-state index contributed by atoms with van der Waals surface area (Å²) in [7, 11) is -5.42. The number of amides is 1. The summed E-state index contributed by atoms with van der Waals surface area (Å²) >= 11 is 0. The number of ether oxygens (including phenoxy) is 5. The van der Waals surface area contributed by atoms with Crippen LogP contribution in [0.3, 0.4) is 0 Å². The molecule has 3 fully saturated rings. The highest BCUT2D eigenvalue weighted by molar-refractivity contribution is 6.74. The number of ketones is 1. The van der Waals surface area contributed by atoms with E-state index in [1.807, 2.05) is 33.8 Å². The van der Waals surface area contributed by atoms with Gasteiger partial charge in [-0.15, -0.1) is 0 Å². The summed E-state index contributed by atoms with van der Waals surface area (Å²) in [6, 6.07) is 28.9. The maximum Gasteiger partial charge on any atom is 0.338 e. The van der Waals surface area contributed by atoms with Gasteiger partial charge in [0.15, 0.2) is 40.2 Å². The normalized spacial score (nSPS) is 28.2. The van der Waals surface area contributed by atoms with Gasteiger partial charge in [0.2, 0.25) is 0 Å². The van der Waals surface area contributed by atoms with Crippen LogP contribution in [0.5, 0.6) is 0 Å². The minimum atomic E-state index is -2.76. The predicted molar refractivity (Wildman–Crippen MR) is 299 cm³/mol. The lowest BCUT2D eigenvalue weighted by molar-refractivity contribution is -0.345. The zero-order valence-electron chi connectivity index (χ0n) is 47.8. The van der Waals surface area contributed by atoms with Crippen molar-refractivity contribution in [3.8, 4) is 0 Å². The fourth-order valence-electron chi connectivity index (χ4n) is 13.2. The maximum absolute atomic E-state index is 16.7. The zero-order valence-corrected chi connectivity index (χ0v) is 49.8. The Balaban J connectivity index is 1.50. The van der Waals surface area contributed by atoms with Crippen LogP contribution in [0.4, 0.5) is 0 Å². The standard InChI is InChI=1S/C61H83NO14Si2/c1-13-29-47(64)74-60-38-70-46(60)36-45(75-77(14-2,15-3)16-4)59(12)52(60)54(73-56(67)43-34-27-22-28-35-43)61(69)37-44(39(8)48(58(61,10)11)50(53(59)65)71-40(9)63)72-57(68)51(76-78(17-5,18-6)19-7)49(41-30-23-20-24-31-41)62-55(66)42-32-25-21-26-33-42/h20-28,30-35,44-46,49-52,54,69H,13-19,29,36-38H2,1-12H3,(H,62,66)/t44-,45-,46+,49-,50+,51+,52?,54-,59+,60-,61+/m0/s1. The van der Waals surface area contributed by atoms with Crippen molar-refractivity contribution < 1.29 is 66.4 Å². The maximum atomic E-state index is 16.7. The van der Waals surface area contributed by atoms with Gasteiger partial charge in [0, 0.05) is 37.2 Å². The molecule has 2 saturated carbocycles. The second-order valence-electron chi connectivity index (χ2n) is 22.7. The largest absolute Gasteiger partial charge is 0.456 e. The lowest BCUT2D eigenvalue weighted by atomic mass is 9.44. The number of esters is 4. The first-order valence-electron chi connectivity index (χ1n) is 28.3. The third-order valence-corrected chi connectivity index (χ3v) is 27.8. The molecular weight excluding hydrogens is 1030 g/mol. The van der Waals surface area contributed by atoms with E-state index in [1.54, 1.807) is 113 Å². The number of Topliss-reactive ketones (excluding diaryl/α,β-unsaturated/α-hetero) is 1. The average Bonchev–Trinajstić information content (AvgIpc) is 3.63. The Kier molecular flexibility index (Phi) is 18.7. The van der Waals surface area contributed by atoms with Crippen molar-refractivity contribution in [3.05, 3.63) is 119 Å². The Hall–Kier alpha value is -5.31. The number of hydrogen-bond acceptors (Lipinski definition) is 14. The Morgan fingerprint density at radius 3 is 1.82 bits per heavy atom. The highest BCUT2D eigenvalue weighted by Gasteiger charge is 2.79. The Morgan fingerprint density at radius 2 is 1.31 bits per heavy atom. The van der Waals surface area contributed by atoms with Gasteiger partial charge in [0.1, 0.15) is 23.9 Å². The zero-order chi connectivity index (χ0) is 57.0. The summed E-state index contributed by atoms with van der Waals surface area (Å²) in [5, 5.41) is 17.7. The number of nitrogens with one attached hydrogen (secondary N) is 1. The van der Waals surface area contributed by atoms with Gasteiger partial charge in [-0.25, -0.2) is 9.59 Å². The Morgan fingerprint density at radius 1 is 0.756 bits per heavy atom. The molecule has 1 unspecified atom stereocenters. The molecule has 7 rings (SSSR count). The number of carbonyl (C=O) groups is 6. The summed E-state index contributed by atoms with van der Waals surface area (Å²) in [5.74, 6) is -5.55. The fourth-order valence-corrected chi connectivity index (χ4v) is 18.9. The molecule has 3 aromatic rings. The lowest BCUT2D eigenvalue weighted by Gasteiger charge is -2.68. The molecule has 2 bridgehead atoms. The first kappa shape index (κ1) is 60.3. The molecule has 17 heteroatoms. The minimum absolute atomic E-state index is 0.0188. The summed E-state index contributed by atoms with van der Waals surface area (Å²) in [5.41, 5.74) is -5.91. The molecule has 11 atom stereocenters. The van der Waals surface area contributed by atoms with E-state index in [-0.39, 0.29) is 30.6 Å². The van der Waals surface area contributed by atoms with Crippen molar-refractivity contribution >= 4 is 52.2 Å². The fraction of sp³-hybridized carbons (Fsp3) is 0.574. The van der Waals surface area contributed by atoms with Crippen LogP contribution in [0, 0.1) is 16.7 Å². The smallest absolute Gasteiger partial charge is 0.338 e. The Labute approximate surface area is 463 Å². The molecule has 78 heavy (non-hydrogen) atoms. The van der Waals surface area contributed by atoms with Crippen molar-refractivity contribution in [2.75, 3.05) is 6.61 Å². The highest BCUT2D eigenvalue weighted by Crippen LogP contribution is 2.65. The molecule has 1 amide bonds. The van der Waals surface area contributed by atoms with Gasteiger partial charge in [0.25, 0.3) is 5.91 Å². The second kappa shape index (κ2) is 24.2. The van der Waals surface area contributed by atoms with Crippen LogP contribution in [0.25, 0.3) is 0 Å². The molecule has 1 aliphatic heterocycles. The number of carbonyl (C=O) groups excluding carboxylic acids is 6. The lowest BCUT2D eigenvalue weighted by Crippen LogP contribution is -2.82. The first-order chi connectivity index (χ1) is 37.0. The van der Waals surface area contributed by atoms with E-state index >= 15 is 14.4 Å². The van der Waals surface area contributed by atoms with Crippen LogP contribution in [-0.2, 0) is 51.7 Å². The molecular formula is C61H83NO14Si2. The molecule has 424 valence electrons. The number of fused-ring (bicyclic) bond motifs is 5. The van der Waals surface area contributed by atoms with Crippen LogP contribution >= 0.6 is 0 Å². The first-order valence-corrected chi connectivity index (χ1v) is 33.3. The van der Waals surface area contributed by atoms with E-state index in [4.69, 9.17) is 32.5 Å². The molecule has 0 radical (unpaired) electrons. The summed E-state index contributed by atoms with van der Waals surface area (Å²) in [6.07, 6.45) is -7.99. The van der Waals surface area contributed by atoms with Gasteiger partial charge in [-0.05, 0) is 97.5 Å². The van der Waals surface area contributed by atoms with Gasteiger partial charge in [0.05, 0.1) is 35.6 Å². The topological polar surface area (TPSA) is 199 Å². The number of hydrogen-bond donors (Lipinski definition) is 2. The highest BCUT2D eigenvalue weighted by atomic mass is 28.4. The number of benzene rings is 3.